The Labute approximate surface area is 120 Å². The zero-order valence-corrected chi connectivity index (χ0v) is 11.6. The number of benzene rings is 1. The smallest absolute Gasteiger partial charge is 0.264 e. The van der Waals surface area contributed by atoms with Gasteiger partial charge < -0.3 is 15.8 Å². The van der Waals surface area contributed by atoms with Gasteiger partial charge in [-0.15, -0.1) is 11.3 Å². The van der Waals surface area contributed by atoms with E-state index in [1.165, 1.54) is 11.3 Å². The summed E-state index contributed by atoms with van der Waals surface area (Å²) in [5.74, 6) is 0.0669. The lowest BCUT2D eigenvalue weighted by molar-refractivity contribution is 0.0773. The van der Waals surface area contributed by atoms with Gasteiger partial charge in [0.05, 0.1) is 10.9 Å². The van der Waals surface area contributed by atoms with E-state index in [0.29, 0.717) is 11.4 Å². The number of oxime groups is 1. The van der Waals surface area contributed by atoms with Crippen molar-refractivity contribution in [3.8, 4) is 0 Å². The highest BCUT2D eigenvalue weighted by Gasteiger charge is 2.33. The van der Waals surface area contributed by atoms with E-state index in [1.807, 2.05) is 30.3 Å². The molecule has 0 bridgehead atoms. The van der Waals surface area contributed by atoms with Crippen molar-refractivity contribution in [1.29, 1.82) is 0 Å². The number of nitrogens with zero attached hydrogens (tertiary/aromatic N) is 2. The summed E-state index contributed by atoms with van der Waals surface area (Å²) in [5.41, 5.74) is 5.67. The highest BCUT2D eigenvalue weighted by atomic mass is 32.1. The molecule has 1 aliphatic heterocycles. The van der Waals surface area contributed by atoms with Crippen LogP contribution in [0.3, 0.4) is 0 Å². The first-order valence-electron chi connectivity index (χ1n) is 6.47. The number of hydrogen-bond donors (Lipinski definition) is 2. The van der Waals surface area contributed by atoms with Crippen LogP contribution in [0.25, 0.3) is 10.1 Å². The van der Waals surface area contributed by atoms with Gasteiger partial charge in [-0.05, 0) is 30.4 Å². The minimum absolute atomic E-state index is 0.0414. The van der Waals surface area contributed by atoms with Gasteiger partial charge in [0.15, 0.2) is 5.84 Å². The summed E-state index contributed by atoms with van der Waals surface area (Å²) in [4.78, 5) is 15.0. The summed E-state index contributed by atoms with van der Waals surface area (Å²) in [6.07, 6.45) is 1.62. The molecule has 1 fully saturated rings. The van der Waals surface area contributed by atoms with Gasteiger partial charge in [-0.1, -0.05) is 23.4 Å². The van der Waals surface area contributed by atoms with Crippen LogP contribution in [0.2, 0.25) is 0 Å². The Balaban J connectivity index is 1.91. The zero-order valence-electron chi connectivity index (χ0n) is 10.8. The molecule has 20 heavy (non-hydrogen) atoms. The lowest BCUT2D eigenvalue weighted by Gasteiger charge is -2.22. The van der Waals surface area contributed by atoms with Gasteiger partial charge in [0.1, 0.15) is 0 Å². The summed E-state index contributed by atoms with van der Waals surface area (Å²) in [7, 11) is 0. The quantitative estimate of drug-likeness (QED) is 0.385. The number of carbonyl (C=O) groups excluding carboxylic acids is 1. The summed E-state index contributed by atoms with van der Waals surface area (Å²) >= 11 is 1.48. The molecule has 2 aromatic rings. The highest BCUT2D eigenvalue weighted by molar-refractivity contribution is 7.20. The number of nitrogens with two attached hydrogens (primary N) is 1. The lowest BCUT2D eigenvalue weighted by Crippen LogP contribution is -2.43. The maximum atomic E-state index is 12.6. The Morgan fingerprint density at radius 1 is 1.45 bits per heavy atom. The van der Waals surface area contributed by atoms with Gasteiger partial charge >= 0.3 is 0 Å². The fourth-order valence-corrected chi connectivity index (χ4v) is 3.63. The Hall–Kier alpha value is -2.08. The number of thiophene rings is 1. The van der Waals surface area contributed by atoms with Crippen LogP contribution in [0.4, 0.5) is 0 Å². The fourth-order valence-electron chi connectivity index (χ4n) is 2.61. The summed E-state index contributed by atoms with van der Waals surface area (Å²) in [5, 5.41) is 12.9. The van der Waals surface area contributed by atoms with E-state index >= 15 is 0 Å². The van der Waals surface area contributed by atoms with Crippen LogP contribution in [0, 0.1) is 0 Å². The van der Waals surface area contributed by atoms with Crippen LogP contribution in [-0.4, -0.2) is 34.4 Å². The molecular formula is C14H15N3O2S. The second-order valence-electron chi connectivity index (χ2n) is 4.83. The molecule has 1 aromatic carbocycles. The predicted octanol–water partition coefficient (Wildman–Crippen LogP) is 2.25. The molecule has 0 aliphatic carbocycles. The van der Waals surface area contributed by atoms with Crippen LogP contribution in [0.1, 0.15) is 22.5 Å². The molecule has 0 saturated carbocycles. The van der Waals surface area contributed by atoms with Gasteiger partial charge in [-0.25, -0.2) is 0 Å². The molecule has 0 spiro atoms. The number of amides is 1. The summed E-state index contributed by atoms with van der Waals surface area (Å²) in [6.45, 7) is 0.647. The molecular weight excluding hydrogens is 274 g/mol. The number of amidine groups is 1. The van der Waals surface area contributed by atoms with Crippen molar-refractivity contribution in [2.45, 2.75) is 18.9 Å². The Morgan fingerprint density at radius 2 is 2.25 bits per heavy atom. The highest BCUT2D eigenvalue weighted by Crippen LogP contribution is 2.28. The normalized spacial score (nSPS) is 19.7. The molecule has 104 valence electrons. The summed E-state index contributed by atoms with van der Waals surface area (Å²) in [6, 6.07) is 9.53. The number of hydrogen-bond acceptors (Lipinski definition) is 4. The third-order valence-electron chi connectivity index (χ3n) is 3.61. The molecule has 1 atom stereocenters. The average molecular weight is 289 g/mol. The predicted molar refractivity (Wildman–Crippen MR) is 79.3 cm³/mol. The van der Waals surface area contributed by atoms with Crippen LogP contribution < -0.4 is 5.73 Å². The number of carbonyl (C=O) groups is 1. The van der Waals surface area contributed by atoms with Crippen molar-refractivity contribution in [3.63, 3.8) is 0 Å². The minimum atomic E-state index is -0.294. The van der Waals surface area contributed by atoms with Crippen molar-refractivity contribution < 1.29 is 10.0 Å². The number of rotatable bonds is 2. The first kappa shape index (κ1) is 12.9. The van der Waals surface area contributed by atoms with Crippen LogP contribution >= 0.6 is 11.3 Å². The number of fused-ring (bicyclic) bond motifs is 1. The topological polar surface area (TPSA) is 78.9 Å². The first-order chi connectivity index (χ1) is 9.70. The van der Waals surface area contributed by atoms with Crippen molar-refractivity contribution in [1.82, 2.24) is 4.90 Å². The SMILES string of the molecule is NC(=NO)C1CCCN1C(=O)c1cc2ccccc2s1. The van der Waals surface area contributed by atoms with Gasteiger partial charge in [0, 0.05) is 11.2 Å². The molecule has 1 amide bonds. The first-order valence-corrected chi connectivity index (χ1v) is 7.29. The molecule has 0 radical (unpaired) electrons. The van der Waals surface area contributed by atoms with E-state index < -0.39 is 0 Å². The van der Waals surface area contributed by atoms with Crippen LogP contribution in [0.5, 0.6) is 0 Å². The van der Waals surface area contributed by atoms with Crippen LogP contribution in [0.15, 0.2) is 35.5 Å². The standard InChI is InChI=1S/C14H15N3O2S/c15-13(16-19)10-5-3-7-17(10)14(18)12-8-9-4-1-2-6-11(9)20-12/h1-2,4,6,8,10,19H,3,5,7H2,(H2,15,16). The third-order valence-corrected chi connectivity index (χ3v) is 4.71. The monoisotopic (exact) mass is 289 g/mol. The van der Waals surface area contributed by atoms with Crippen LogP contribution in [-0.2, 0) is 0 Å². The van der Waals surface area contributed by atoms with Crippen molar-refractivity contribution in [2.24, 2.45) is 10.9 Å². The molecule has 1 aliphatic rings. The van der Waals surface area contributed by atoms with E-state index in [4.69, 9.17) is 10.9 Å². The molecule has 6 heteroatoms. The maximum Gasteiger partial charge on any atom is 0.264 e. The largest absolute Gasteiger partial charge is 0.409 e. The van der Waals surface area contributed by atoms with Crippen molar-refractivity contribution in [2.75, 3.05) is 6.54 Å². The van der Waals surface area contributed by atoms with E-state index in [-0.39, 0.29) is 17.8 Å². The Morgan fingerprint density at radius 3 is 3.00 bits per heavy atom. The third kappa shape index (κ3) is 2.12. The molecule has 3 N–H and O–H groups in total. The molecule has 1 aromatic heterocycles. The zero-order chi connectivity index (χ0) is 14.1. The van der Waals surface area contributed by atoms with Gasteiger partial charge in [-0.3, -0.25) is 4.79 Å². The van der Waals surface area contributed by atoms with Gasteiger partial charge in [-0.2, -0.15) is 0 Å². The van der Waals surface area contributed by atoms with Gasteiger partial charge in [0.2, 0.25) is 0 Å². The van der Waals surface area contributed by atoms with Crippen molar-refractivity contribution >= 4 is 33.2 Å². The van der Waals surface area contributed by atoms with E-state index in [9.17, 15) is 4.79 Å². The molecule has 2 heterocycles. The second kappa shape index (κ2) is 5.13. The second-order valence-corrected chi connectivity index (χ2v) is 5.91. The molecule has 5 nitrogen and oxygen atoms in total. The molecule has 3 rings (SSSR count). The Bertz CT molecular complexity index is 647. The van der Waals surface area contributed by atoms with E-state index in [0.717, 1.165) is 22.9 Å². The lowest BCUT2D eigenvalue weighted by atomic mass is 10.2. The van der Waals surface area contributed by atoms with E-state index in [2.05, 4.69) is 5.16 Å². The molecule has 1 unspecified atom stereocenters. The fraction of sp³-hybridized carbons (Fsp3) is 0.286. The summed E-state index contributed by atoms with van der Waals surface area (Å²) < 4.78 is 1.09. The van der Waals surface area contributed by atoms with E-state index in [1.54, 1.807) is 4.90 Å². The van der Waals surface area contributed by atoms with Gasteiger partial charge in [0.25, 0.3) is 5.91 Å². The Kier molecular flexibility index (Phi) is 3.31. The number of likely N-dealkylation sites (tertiary alicyclic amines) is 1. The van der Waals surface area contributed by atoms with Crippen molar-refractivity contribution in [3.05, 3.63) is 35.2 Å². The minimum Gasteiger partial charge on any atom is -0.409 e. The average Bonchev–Trinajstić information content (AvgIpc) is 3.11. The maximum absolute atomic E-state index is 12.6. The molecule has 1 saturated heterocycles.